The maximum atomic E-state index is 11.9. The van der Waals surface area contributed by atoms with Crippen molar-refractivity contribution in [3.63, 3.8) is 0 Å². The molecule has 0 amide bonds. The Kier molecular flexibility index (Phi) is 3.02. The van der Waals surface area contributed by atoms with Gasteiger partial charge < -0.3 is 4.42 Å². The predicted octanol–water partition coefficient (Wildman–Crippen LogP) is 2.95. The molecular formula is C14H11NO2S. The van der Waals surface area contributed by atoms with Crippen LogP contribution in [0.3, 0.4) is 0 Å². The summed E-state index contributed by atoms with van der Waals surface area (Å²) < 4.78 is 5.65. The molecule has 0 saturated carbocycles. The molecule has 0 saturated heterocycles. The minimum atomic E-state index is -0.0162. The van der Waals surface area contributed by atoms with Crippen LogP contribution in [0.25, 0.3) is 17.0 Å². The molecular weight excluding hydrogens is 246 g/mol. The van der Waals surface area contributed by atoms with Crippen LogP contribution < -0.4 is 5.43 Å². The Morgan fingerprint density at radius 2 is 2.17 bits per heavy atom. The van der Waals surface area contributed by atoms with Gasteiger partial charge in [-0.1, -0.05) is 12.1 Å². The lowest BCUT2D eigenvalue weighted by Gasteiger charge is -1.98. The average Bonchev–Trinajstić information content (AvgIpc) is 2.90. The second-order valence-corrected chi connectivity index (χ2v) is 5.03. The van der Waals surface area contributed by atoms with Crippen LogP contribution in [0.1, 0.15) is 5.76 Å². The van der Waals surface area contributed by atoms with Crippen molar-refractivity contribution in [3.8, 4) is 0 Å². The average molecular weight is 257 g/mol. The number of benzene rings is 1. The first-order valence-corrected chi connectivity index (χ1v) is 6.70. The van der Waals surface area contributed by atoms with E-state index in [0.717, 1.165) is 17.3 Å². The molecule has 0 radical (unpaired) electrons. The van der Waals surface area contributed by atoms with Gasteiger partial charge in [-0.05, 0) is 24.3 Å². The predicted molar refractivity (Wildman–Crippen MR) is 76.3 cm³/mol. The molecule has 4 heteroatoms. The van der Waals surface area contributed by atoms with E-state index in [2.05, 4.69) is 4.99 Å². The minimum absolute atomic E-state index is 0.0162. The van der Waals surface area contributed by atoms with Gasteiger partial charge in [0, 0.05) is 18.4 Å². The normalized spacial score (nSPS) is 15.4. The SMILES string of the molecule is O=c1cc(/C=C/C2=NCCS2)oc2ccccc12. The number of hydrogen-bond donors (Lipinski definition) is 0. The molecule has 1 aromatic carbocycles. The minimum Gasteiger partial charge on any atom is -0.456 e. The lowest BCUT2D eigenvalue weighted by Crippen LogP contribution is -1.99. The molecule has 90 valence electrons. The third-order valence-electron chi connectivity index (χ3n) is 2.65. The molecule has 18 heavy (non-hydrogen) atoms. The second-order valence-electron chi connectivity index (χ2n) is 3.91. The highest BCUT2D eigenvalue weighted by Gasteiger charge is 2.04. The summed E-state index contributed by atoms with van der Waals surface area (Å²) in [5.41, 5.74) is 0.600. The molecule has 3 rings (SSSR count). The standard InChI is InChI=1S/C14H11NO2S/c16-12-9-10(5-6-14-15-7-8-18-14)17-13-4-2-1-3-11(12)13/h1-6,9H,7-8H2/b6-5+. The molecule has 0 N–H and O–H groups in total. The van der Waals surface area contributed by atoms with Crippen molar-refractivity contribution in [2.24, 2.45) is 4.99 Å². The topological polar surface area (TPSA) is 42.6 Å². The molecule has 2 aromatic rings. The molecule has 0 spiro atoms. The van der Waals surface area contributed by atoms with E-state index in [1.165, 1.54) is 6.07 Å². The van der Waals surface area contributed by atoms with Gasteiger partial charge in [0.1, 0.15) is 11.3 Å². The van der Waals surface area contributed by atoms with Crippen molar-refractivity contribution < 1.29 is 4.42 Å². The Labute approximate surface area is 108 Å². The van der Waals surface area contributed by atoms with Gasteiger partial charge in [-0.25, -0.2) is 0 Å². The zero-order chi connectivity index (χ0) is 12.4. The Balaban J connectivity index is 2.00. The van der Waals surface area contributed by atoms with Crippen LogP contribution in [0, 0.1) is 0 Å². The summed E-state index contributed by atoms with van der Waals surface area (Å²) in [7, 11) is 0. The summed E-state index contributed by atoms with van der Waals surface area (Å²) >= 11 is 1.71. The van der Waals surface area contributed by atoms with Crippen molar-refractivity contribution in [2.45, 2.75) is 0 Å². The van der Waals surface area contributed by atoms with Crippen molar-refractivity contribution >= 4 is 33.9 Å². The summed E-state index contributed by atoms with van der Waals surface area (Å²) in [4.78, 5) is 16.2. The van der Waals surface area contributed by atoms with Crippen LogP contribution in [-0.4, -0.2) is 17.3 Å². The van der Waals surface area contributed by atoms with Gasteiger partial charge in [-0.3, -0.25) is 9.79 Å². The van der Waals surface area contributed by atoms with Crippen LogP contribution in [0.15, 0.2) is 50.6 Å². The number of fused-ring (bicyclic) bond motifs is 1. The Bertz CT molecular complexity index is 700. The molecule has 1 aliphatic rings. The molecule has 0 bridgehead atoms. The van der Waals surface area contributed by atoms with Gasteiger partial charge >= 0.3 is 0 Å². The number of thioether (sulfide) groups is 1. The maximum absolute atomic E-state index is 11.9. The number of rotatable bonds is 2. The molecule has 0 atom stereocenters. The zero-order valence-electron chi connectivity index (χ0n) is 9.63. The fourth-order valence-electron chi connectivity index (χ4n) is 1.81. The van der Waals surface area contributed by atoms with Gasteiger partial charge in [0.15, 0.2) is 5.43 Å². The lowest BCUT2D eigenvalue weighted by molar-refractivity contribution is 0.591. The van der Waals surface area contributed by atoms with Crippen molar-refractivity contribution in [1.82, 2.24) is 0 Å². The van der Waals surface area contributed by atoms with E-state index in [4.69, 9.17) is 4.42 Å². The van der Waals surface area contributed by atoms with Crippen LogP contribution >= 0.6 is 11.8 Å². The van der Waals surface area contributed by atoms with E-state index in [0.29, 0.717) is 16.7 Å². The quantitative estimate of drug-likeness (QED) is 0.830. The first-order chi connectivity index (χ1) is 8.83. The van der Waals surface area contributed by atoms with E-state index in [9.17, 15) is 4.79 Å². The van der Waals surface area contributed by atoms with Crippen LogP contribution in [-0.2, 0) is 0 Å². The number of hydrogen-bond acceptors (Lipinski definition) is 4. The zero-order valence-corrected chi connectivity index (χ0v) is 10.4. The fourth-order valence-corrected chi connectivity index (χ4v) is 2.55. The Morgan fingerprint density at radius 1 is 1.28 bits per heavy atom. The first kappa shape index (κ1) is 11.3. The second kappa shape index (κ2) is 4.82. The Hall–Kier alpha value is -1.81. The van der Waals surface area contributed by atoms with Crippen molar-refractivity contribution in [3.05, 3.63) is 52.4 Å². The highest BCUT2D eigenvalue weighted by atomic mass is 32.2. The van der Waals surface area contributed by atoms with Gasteiger partial charge in [0.25, 0.3) is 0 Å². The van der Waals surface area contributed by atoms with E-state index in [-0.39, 0.29) is 5.43 Å². The third-order valence-corrected chi connectivity index (χ3v) is 3.60. The largest absolute Gasteiger partial charge is 0.456 e. The summed E-state index contributed by atoms with van der Waals surface area (Å²) in [6, 6.07) is 8.77. The molecule has 1 aromatic heterocycles. The smallest absolute Gasteiger partial charge is 0.193 e. The number of para-hydroxylation sites is 1. The highest BCUT2D eigenvalue weighted by Crippen LogP contribution is 2.16. The van der Waals surface area contributed by atoms with Gasteiger partial charge in [0.05, 0.1) is 10.4 Å². The summed E-state index contributed by atoms with van der Waals surface area (Å²) in [6.45, 7) is 0.867. The summed E-state index contributed by atoms with van der Waals surface area (Å²) in [6.07, 6.45) is 3.69. The van der Waals surface area contributed by atoms with Crippen molar-refractivity contribution in [1.29, 1.82) is 0 Å². The van der Waals surface area contributed by atoms with E-state index < -0.39 is 0 Å². The van der Waals surface area contributed by atoms with Crippen LogP contribution in [0.4, 0.5) is 0 Å². The van der Waals surface area contributed by atoms with Crippen LogP contribution in [0.5, 0.6) is 0 Å². The fraction of sp³-hybridized carbons (Fsp3) is 0.143. The summed E-state index contributed by atoms with van der Waals surface area (Å²) in [5.74, 6) is 1.59. The molecule has 3 nitrogen and oxygen atoms in total. The monoisotopic (exact) mass is 257 g/mol. The lowest BCUT2D eigenvalue weighted by atomic mass is 10.2. The van der Waals surface area contributed by atoms with Crippen molar-refractivity contribution in [2.75, 3.05) is 12.3 Å². The Morgan fingerprint density at radius 3 is 3.00 bits per heavy atom. The van der Waals surface area contributed by atoms with Gasteiger partial charge in [0.2, 0.25) is 0 Å². The molecule has 0 aliphatic carbocycles. The molecule has 0 fully saturated rings. The number of aliphatic imine (C=N–C) groups is 1. The molecule has 1 aliphatic heterocycles. The highest BCUT2D eigenvalue weighted by molar-refractivity contribution is 8.14. The summed E-state index contributed by atoms with van der Waals surface area (Å²) in [5, 5.41) is 1.60. The molecule has 0 unspecified atom stereocenters. The maximum Gasteiger partial charge on any atom is 0.193 e. The first-order valence-electron chi connectivity index (χ1n) is 5.71. The van der Waals surface area contributed by atoms with Gasteiger partial charge in [-0.2, -0.15) is 0 Å². The molecule has 2 heterocycles. The van der Waals surface area contributed by atoms with Crippen LogP contribution in [0.2, 0.25) is 0 Å². The van der Waals surface area contributed by atoms with E-state index in [1.807, 2.05) is 18.2 Å². The number of nitrogens with zero attached hydrogens (tertiary/aromatic N) is 1. The third kappa shape index (κ3) is 2.24. The van der Waals surface area contributed by atoms with E-state index >= 15 is 0 Å². The van der Waals surface area contributed by atoms with E-state index in [1.54, 1.807) is 30.0 Å². The van der Waals surface area contributed by atoms with Gasteiger partial charge in [-0.15, -0.1) is 11.8 Å².